The van der Waals surface area contributed by atoms with Gasteiger partial charge in [-0.1, -0.05) is 318 Å². The molecule has 0 aliphatic carbocycles. The van der Waals surface area contributed by atoms with E-state index in [0.29, 0.717) is 0 Å². The van der Waals surface area contributed by atoms with E-state index in [1.165, 1.54) is 38.3 Å². The van der Waals surface area contributed by atoms with Crippen LogP contribution < -0.4 is 26.2 Å². The van der Waals surface area contributed by atoms with Crippen molar-refractivity contribution in [2.75, 3.05) is 9.80 Å². The number of nitrogens with zero attached hydrogens (tertiary/aromatic N) is 2. The molecular formula is C96H65BN2O2. The van der Waals surface area contributed by atoms with Gasteiger partial charge in [-0.15, -0.1) is 0 Å². The van der Waals surface area contributed by atoms with Gasteiger partial charge in [0.25, 0.3) is 6.71 Å². The Labute approximate surface area is 587 Å². The summed E-state index contributed by atoms with van der Waals surface area (Å²) in [4.78, 5) is 5.36. The minimum Gasteiger partial charge on any atom is -0.456 e. The molecule has 0 bridgehead atoms. The number of fused-ring (bicyclic) bond motifs is 12. The van der Waals surface area contributed by atoms with Gasteiger partial charge in [0.1, 0.15) is 22.3 Å². The SMILES string of the molecule is CC(C)(C)c1cc2c3c(c1)N(c1c(-c4ccccc4)cccc1-c1ccccc1)c1cc(-c4c5ccccc5c(-c5cccc6c5oc5ccccc56)c5ccccc45)ccc1B3c1cc(-c3cccc4oc5ccccc5c34)ccc1N2c1c(-c2ccccc2)cccc1-c1ccccc1. The van der Waals surface area contributed by atoms with Gasteiger partial charge in [0, 0.05) is 77.7 Å². The standard InChI is InChI=1S/C96H65BN2O2/c1-96(2,3)66-58-84-92-85(59-66)99(94-70(62-32-12-6-13-33-62)45-25-46-71(94)63-34-14-7-15-35-63)83-57-65(89-73-37-16-18-39-75(73)90(76-40-19-17-38-74(76)89)79-48-26-47-77-72-36-20-22-49-86(72)101-95(77)79)52-54-80(83)97(92)81-56-64(67-42-27-51-88-91(67)78-41-21-23-50-87(78)100-88)53-55-82(81)98(84)93-68(60-28-8-4-9-29-60)43-24-44-69(93)61-30-10-5-11-31-61/h4-59H,1-3H3. The normalized spacial score (nSPS) is 12.6. The number of hydrogen-bond donors (Lipinski definition) is 0. The summed E-state index contributed by atoms with van der Waals surface area (Å²) >= 11 is 0. The average molecular weight is 1290 g/mol. The molecule has 2 aliphatic heterocycles. The summed E-state index contributed by atoms with van der Waals surface area (Å²) in [6.07, 6.45) is 0. The first kappa shape index (κ1) is 58.5. The Hall–Kier alpha value is -12.7. The summed E-state index contributed by atoms with van der Waals surface area (Å²) in [6, 6.07) is 126. The van der Waals surface area contributed by atoms with Gasteiger partial charge in [0.15, 0.2) is 0 Å². The highest BCUT2D eigenvalue weighted by Gasteiger charge is 2.46. The van der Waals surface area contributed by atoms with Crippen molar-refractivity contribution >= 4 is 123 Å². The first-order chi connectivity index (χ1) is 49.8. The third-order valence-corrected chi connectivity index (χ3v) is 21.4. The van der Waals surface area contributed by atoms with Crippen molar-refractivity contribution in [2.24, 2.45) is 0 Å². The van der Waals surface area contributed by atoms with Crippen molar-refractivity contribution in [3.63, 3.8) is 0 Å². The maximum atomic E-state index is 6.90. The van der Waals surface area contributed by atoms with Crippen LogP contribution in [0.2, 0.25) is 0 Å². The zero-order chi connectivity index (χ0) is 67.0. The summed E-state index contributed by atoms with van der Waals surface area (Å²) in [5, 5.41) is 9.09. The van der Waals surface area contributed by atoms with Gasteiger partial charge >= 0.3 is 0 Å². The minimum atomic E-state index is -0.314. The Morgan fingerprint density at radius 1 is 0.267 bits per heavy atom. The second-order valence-corrected chi connectivity index (χ2v) is 28.1. The van der Waals surface area contributed by atoms with Crippen molar-refractivity contribution in [1.82, 2.24) is 0 Å². The highest BCUT2D eigenvalue weighted by Crippen LogP contribution is 2.56. The maximum Gasteiger partial charge on any atom is 0.252 e. The molecule has 474 valence electrons. The molecule has 0 saturated heterocycles. The lowest BCUT2D eigenvalue weighted by Gasteiger charge is -2.46. The molecule has 2 aliphatic rings. The summed E-state index contributed by atoms with van der Waals surface area (Å²) in [6.45, 7) is 6.86. The monoisotopic (exact) mass is 1290 g/mol. The van der Waals surface area contributed by atoms with E-state index in [1.807, 2.05) is 0 Å². The summed E-state index contributed by atoms with van der Waals surface area (Å²) < 4.78 is 13.6. The predicted molar refractivity (Wildman–Crippen MR) is 427 cm³/mol. The van der Waals surface area contributed by atoms with E-state index in [-0.39, 0.29) is 12.1 Å². The molecule has 0 unspecified atom stereocenters. The molecule has 0 amide bonds. The smallest absolute Gasteiger partial charge is 0.252 e. The molecule has 0 atom stereocenters. The molecular weight excluding hydrogens is 1220 g/mol. The van der Waals surface area contributed by atoms with Crippen LogP contribution in [-0.4, -0.2) is 6.71 Å². The van der Waals surface area contributed by atoms with Crippen LogP contribution in [0.15, 0.2) is 349 Å². The van der Waals surface area contributed by atoms with Crippen molar-refractivity contribution in [3.05, 3.63) is 345 Å². The van der Waals surface area contributed by atoms with Gasteiger partial charge < -0.3 is 18.6 Å². The van der Waals surface area contributed by atoms with E-state index in [0.717, 1.165) is 161 Å². The molecule has 0 saturated carbocycles. The van der Waals surface area contributed by atoms with Crippen molar-refractivity contribution in [2.45, 2.75) is 26.2 Å². The second kappa shape index (κ2) is 23.0. The maximum absolute atomic E-state index is 6.90. The lowest BCUT2D eigenvalue weighted by atomic mass is 9.33. The van der Waals surface area contributed by atoms with Crippen LogP contribution >= 0.6 is 0 Å². The van der Waals surface area contributed by atoms with E-state index in [1.54, 1.807) is 0 Å². The van der Waals surface area contributed by atoms with Crippen LogP contribution in [0, 0.1) is 0 Å². The Balaban J connectivity index is 0.937. The lowest BCUT2D eigenvalue weighted by molar-refractivity contribution is 0.590. The van der Waals surface area contributed by atoms with Crippen molar-refractivity contribution < 1.29 is 8.83 Å². The predicted octanol–water partition coefficient (Wildman–Crippen LogP) is 24.8. The second-order valence-electron chi connectivity index (χ2n) is 28.1. The van der Waals surface area contributed by atoms with Crippen LogP contribution in [0.3, 0.4) is 0 Å². The molecule has 0 N–H and O–H groups in total. The van der Waals surface area contributed by atoms with Gasteiger partial charge in [-0.3, -0.25) is 0 Å². The molecule has 4 nitrogen and oxygen atoms in total. The third-order valence-electron chi connectivity index (χ3n) is 21.4. The Bertz CT molecular complexity index is 6210. The summed E-state index contributed by atoms with van der Waals surface area (Å²) in [5.74, 6) is 0. The Kier molecular flexibility index (Phi) is 13.3. The molecule has 0 spiro atoms. The minimum absolute atomic E-state index is 0.269. The van der Waals surface area contributed by atoms with E-state index in [2.05, 4.69) is 370 Å². The molecule has 16 aromatic carbocycles. The van der Waals surface area contributed by atoms with Crippen molar-refractivity contribution in [1.29, 1.82) is 0 Å². The van der Waals surface area contributed by atoms with Crippen LogP contribution in [0.5, 0.6) is 0 Å². The van der Waals surface area contributed by atoms with Gasteiger partial charge in [-0.05, 0) is 136 Å². The van der Waals surface area contributed by atoms with Crippen LogP contribution in [-0.2, 0) is 5.41 Å². The lowest BCUT2D eigenvalue weighted by Crippen LogP contribution is -2.61. The number of rotatable bonds is 9. The van der Waals surface area contributed by atoms with E-state index in [9.17, 15) is 0 Å². The van der Waals surface area contributed by atoms with E-state index < -0.39 is 0 Å². The Morgan fingerprint density at radius 2 is 0.683 bits per heavy atom. The van der Waals surface area contributed by atoms with Crippen LogP contribution in [0.4, 0.5) is 34.1 Å². The summed E-state index contributed by atoms with van der Waals surface area (Å²) in [5.41, 5.74) is 30.7. The molecule has 0 radical (unpaired) electrons. The zero-order valence-electron chi connectivity index (χ0n) is 56.1. The van der Waals surface area contributed by atoms with Gasteiger partial charge in [0.05, 0.1) is 11.4 Å². The highest BCUT2D eigenvalue weighted by atomic mass is 16.3. The largest absolute Gasteiger partial charge is 0.456 e. The topological polar surface area (TPSA) is 32.8 Å². The van der Waals surface area contributed by atoms with Gasteiger partial charge in [-0.2, -0.15) is 0 Å². The van der Waals surface area contributed by atoms with E-state index >= 15 is 0 Å². The number of hydrogen-bond acceptors (Lipinski definition) is 4. The molecule has 4 heterocycles. The van der Waals surface area contributed by atoms with Crippen LogP contribution in [0.1, 0.15) is 26.3 Å². The first-order valence-electron chi connectivity index (χ1n) is 35.1. The molecule has 20 rings (SSSR count). The van der Waals surface area contributed by atoms with Gasteiger partial charge in [-0.25, -0.2) is 0 Å². The Morgan fingerprint density at radius 3 is 1.23 bits per heavy atom. The zero-order valence-corrected chi connectivity index (χ0v) is 56.1. The molecule has 2 aromatic heterocycles. The van der Waals surface area contributed by atoms with Gasteiger partial charge in [0.2, 0.25) is 0 Å². The van der Waals surface area contributed by atoms with E-state index in [4.69, 9.17) is 8.83 Å². The summed E-state index contributed by atoms with van der Waals surface area (Å²) in [7, 11) is 0. The van der Waals surface area contributed by atoms with Crippen LogP contribution in [0.25, 0.3) is 143 Å². The fourth-order valence-electron chi connectivity index (χ4n) is 16.9. The molecule has 18 aromatic rings. The average Bonchev–Trinajstić information content (AvgIpc) is 1.27. The number of benzene rings is 16. The molecule has 0 fully saturated rings. The highest BCUT2D eigenvalue weighted by molar-refractivity contribution is 7.00. The molecule has 5 heteroatoms. The number of para-hydroxylation sites is 5. The number of furan rings is 2. The molecule has 101 heavy (non-hydrogen) atoms. The first-order valence-corrected chi connectivity index (χ1v) is 35.1. The van der Waals surface area contributed by atoms with Crippen molar-refractivity contribution in [3.8, 4) is 77.9 Å². The quantitative estimate of drug-likeness (QED) is 0.107. The third kappa shape index (κ3) is 9.16. The fraction of sp³-hybridized carbons (Fsp3) is 0.0417. The fourth-order valence-corrected chi connectivity index (χ4v) is 16.9. The number of anilines is 6.